The van der Waals surface area contributed by atoms with Crippen molar-refractivity contribution in [2.24, 2.45) is 0 Å². The Morgan fingerprint density at radius 1 is 0.337 bits per heavy atom. The van der Waals surface area contributed by atoms with Gasteiger partial charge < -0.3 is 63.0 Å². The normalized spacial score (nSPS) is 28.9. The lowest BCUT2D eigenvalue weighted by Crippen LogP contribution is -2.89. The summed E-state index contributed by atoms with van der Waals surface area (Å²) >= 11 is 0. The van der Waals surface area contributed by atoms with Crippen LogP contribution in [-0.2, 0) is 72.6 Å². The van der Waals surface area contributed by atoms with Gasteiger partial charge in [0.1, 0.15) is 0 Å². The second-order valence-electron chi connectivity index (χ2n) is 21.4. The molecular weight excluding hydrogens is 1300 g/mol. The second-order valence-corrected chi connectivity index (χ2v) is 50.0. The fourth-order valence-electron chi connectivity index (χ4n) is 10.7. The van der Waals surface area contributed by atoms with Crippen LogP contribution >= 0.6 is 0 Å². The van der Waals surface area contributed by atoms with Crippen LogP contribution in [0.3, 0.4) is 0 Å². The van der Waals surface area contributed by atoms with E-state index in [1.807, 2.05) is 256 Å². The summed E-state index contributed by atoms with van der Waals surface area (Å²) in [6.07, 6.45) is 2.77. The van der Waals surface area contributed by atoms with E-state index >= 15 is 0 Å². The highest BCUT2D eigenvalue weighted by Gasteiger charge is 2.78. The van der Waals surface area contributed by atoms with Crippen molar-refractivity contribution in [1.29, 1.82) is 0 Å². The zero-order chi connectivity index (χ0) is 61.5. The van der Waals surface area contributed by atoms with Gasteiger partial charge in [0.2, 0.25) is 0 Å². The molecule has 8 unspecified atom stereocenters. The van der Waals surface area contributed by atoms with Crippen molar-refractivity contribution >= 4 is 142 Å². The van der Waals surface area contributed by atoms with Crippen LogP contribution in [0.2, 0.25) is 25.2 Å². The maximum absolute atomic E-state index is 12.8. The molecule has 8 aromatic carbocycles. The van der Waals surface area contributed by atoms with Crippen LogP contribution in [0.4, 0.5) is 0 Å². The van der Waals surface area contributed by atoms with E-state index in [0.717, 1.165) is 12.2 Å². The lowest BCUT2D eigenvalue weighted by Gasteiger charge is -2.57. The fourth-order valence-corrected chi connectivity index (χ4v) is 60.5. The van der Waals surface area contributed by atoms with Gasteiger partial charge in [0, 0.05) is 43.3 Å². The first-order valence-corrected chi connectivity index (χ1v) is 47.1. The molecule has 4 aliphatic rings. The van der Waals surface area contributed by atoms with Crippen molar-refractivity contribution < 1.29 is 72.6 Å². The predicted octanol–water partition coefficient (Wildman–Crippen LogP) is 5.51. The first kappa shape index (κ1) is 63.0. The SMILES string of the molecule is C=CC(=O)OCCC[Si]1(C)O[Si](c2ccccc2)O[Si]2(c3ccccc3)O[Si]3(c4ccccc4)O[Si](c4ccccc4)O[Si]4(c5ccccc5)O[Si](c5ccccc5)(O1)O[Si](c1ccccc1)(O2)O[Si](c1ccccc1)(O[Si](C)(CCCOC(=O)C=C)O3)O4. The van der Waals surface area contributed by atoms with Crippen molar-refractivity contribution in [1.82, 2.24) is 0 Å². The molecule has 27 heteroatoms. The van der Waals surface area contributed by atoms with E-state index in [0.29, 0.717) is 41.5 Å². The van der Waals surface area contributed by atoms with Crippen LogP contribution in [0.5, 0.6) is 0 Å². The third-order valence-electron chi connectivity index (χ3n) is 14.8. The summed E-state index contributed by atoms with van der Waals surface area (Å²) in [5.74, 6) is -1.16. The monoisotopic (exact) mass is 1360 g/mol. The minimum absolute atomic E-state index is 0.00365. The third kappa shape index (κ3) is 13.6. The van der Waals surface area contributed by atoms with Gasteiger partial charge in [-0.2, -0.15) is 0 Å². The number of carbonyl (C=O) groups excluding carboxylic acids is 2. The number of rotatable bonds is 18. The minimum atomic E-state index is -5.25. The van der Waals surface area contributed by atoms with Crippen LogP contribution in [0.25, 0.3) is 0 Å². The standard InChI is InChI=1S/C62H64O17Si10/c1-5-61(63)65-49-31-51-82(3)67-80(53-33-15-7-16-34-53)68-85(56-39-21-10-22-40-56)74-84(55-37-19-9-20-38-55)69-81(54-35-17-8-18-36-54)70-86(57-41-23-11-24-42-57)75-87(71-82,58-43-25-12-26-44-58)78-89(77-85,60-47-29-14-30-48-60)79-88(76-86,59-45-27-13-28-46-59)73-83(4,72-84)52-32-50-66-62(64)6-2/h5-30,33-48H,1-2,31-32,49-52H2,3-4H3. The topological polar surface area (TPSA) is 173 Å². The Morgan fingerprint density at radius 3 is 0.910 bits per heavy atom. The molecule has 6 bridgehead atoms. The van der Waals surface area contributed by atoms with Gasteiger partial charge in [-0.1, -0.05) is 256 Å². The second kappa shape index (κ2) is 27.0. The van der Waals surface area contributed by atoms with Gasteiger partial charge in [0.05, 0.1) is 13.2 Å². The van der Waals surface area contributed by atoms with E-state index < -0.39 is 100 Å². The fraction of sp³-hybridized carbons (Fsp3) is 0.129. The van der Waals surface area contributed by atoms with Gasteiger partial charge in [-0.05, 0) is 48.4 Å². The average molecular weight is 1360 g/mol. The molecule has 0 spiro atoms. The maximum Gasteiger partial charge on any atom is 0.515 e. The molecule has 4 saturated heterocycles. The Labute approximate surface area is 530 Å². The largest absolute Gasteiger partial charge is 0.515 e. The summed E-state index contributed by atoms with van der Waals surface area (Å²) in [5.41, 5.74) is 0. The quantitative estimate of drug-likeness (QED) is 0.0456. The first-order chi connectivity index (χ1) is 43.3. The van der Waals surface area contributed by atoms with Gasteiger partial charge in [0.15, 0.2) is 0 Å². The van der Waals surface area contributed by atoms with Crippen molar-refractivity contribution in [3.05, 3.63) is 268 Å². The molecule has 17 nitrogen and oxygen atoms in total. The molecule has 89 heavy (non-hydrogen) atoms. The number of hydrogen-bond acceptors (Lipinski definition) is 17. The lowest BCUT2D eigenvalue weighted by atomic mass is 10.4. The molecule has 4 fully saturated rings. The highest BCUT2D eigenvalue weighted by Crippen LogP contribution is 2.44. The molecule has 0 amide bonds. The van der Waals surface area contributed by atoms with Gasteiger partial charge in [-0.15, -0.1) is 0 Å². The zero-order valence-corrected chi connectivity index (χ0v) is 58.8. The van der Waals surface area contributed by atoms with Crippen molar-refractivity contribution in [2.45, 2.75) is 38.0 Å². The molecule has 454 valence electrons. The van der Waals surface area contributed by atoms with Crippen LogP contribution in [0.1, 0.15) is 12.8 Å². The van der Waals surface area contributed by atoms with Crippen LogP contribution in [0, 0.1) is 0 Å². The molecule has 0 N–H and O–H groups in total. The lowest BCUT2D eigenvalue weighted by molar-refractivity contribution is -0.138. The summed E-state index contributed by atoms with van der Waals surface area (Å²) < 4.78 is 119. The Hall–Kier alpha value is -6.17. The Bertz CT molecular complexity index is 3670. The van der Waals surface area contributed by atoms with Crippen molar-refractivity contribution in [3.63, 3.8) is 0 Å². The number of carbonyl (C=O) groups is 2. The molecule has 0 aliphatic carbocycles. The van der Waals surface area contributed by atoms with E-state index in [9.17, 15) is 9.59 Å². The van der Waals surface area contributed by atoms with Gasteiger partial charge >= 0.3 is 100 Å². The number of hydrogen-bond donors (Lipinski definition) is 0. The van der Waals surface area contributed by atoms with Crippen molar-refractivity contribution in [3.8, 4) is 0 Å². The van der Waals surface area contributed by atoms with Crippen LogP contribution in [0.15, 0.2) is 268 Å². The Kier molecular flexibility index (Phi) is 19.1. The van der Waals surface area contributed by atoms with E-state index in [2.05, 4.69) is 13.2 Å². The van der Waals surface area contributed by atoms with E-state index in [4.69, 9.17) is 63.0 Å². The van der Waals surface area contributed by atoms with Crippen LogP contribution in [-0.4, -0.2) is 114 Å². The van der Waals surface area contributed by atoms with Gasteiger partial charge in [-0.25, -0.2) is 9.59 Å². The van der Waals surface area contributed by atoms with Gasteiger partial charge in [0.25, 0.3) is 0 Å². The molecule has 8 aromatic rings. The molecule has 4 aliphatic heterocycles. The Balaban J connectivity index is 1.29. The highest BCUT2D eigenvalue weighted by atomic mass is 28.6. The van der Waals surface area contributed by atoms with Crippen LogP contribution < -0.4 is 41.5 Å². The van der Waals surface area contributed by atoms with Gasteiger partial charge in [-0.3, -0.25) is 0 Å². The third-order valence-corrected chi connectivity index (χ3v) is 54.4. The summed E-state index contributed by atoms with van der Waals surface area (Å²) in [7, 11) is -45.2. The predicted molar refractivity (Wildman–Crippen MR) is 353 cm³/mol. The summed E-state index contributed by atoms with van der Waals surface area (Å²) in [6, 6.07) is 76.8. The molecule has 12 rings (SSSR count). The van der Waals surface area contributed by atoms with E-state index in [1.165, 1.54) is 0 Å². The molecule has 2 radical (unpaired) electrons. The first-order valence-electron chi connectivity index (χ1n) is 29.1. The number of fused-ring (bicyclic) bond motifs is 6. The molecule has 8 atom stereocenters. The number of ether oxygens (including phenoxy) is 2. The van der Waals surface area contributed by atoms with Crippen molar-refractivity contribution in [2.75, 3.05) is 13.2 Å². The summed E-state index contributed by atoms with van der Waals surface area (Å²) in [6.45, 7) is 11.2. The van der Waals surface area contributed by atoms with E-state index in [-0.39, 0.29) is 38.1 Å². The summed E-state index contributed by atoms with van der Waals surface area (Å²) in [4.78, 5) is 25.6. The molecule has 0 aromatic heterocycles. The molecular formula is C62H64O17Si10. The average Bonchev–Trinajstić information content (AvgIpc) is 0.696. The Morgan fingerprint density at radius 2 is 0.573 bits per heavy atom. The molecule has 0 saturated carbocycles. The molecule has 4 heterocycles. The highest BCUT2D eigenvalue weighted by molar-refractivity contribution is 7.09. The number of benzene rings is 8. The number of esters is 2. The summed E-state index contributed by atoms with van der Waals surface area (Å²) in [5, 5.41) is 4.22. The smallest absolute Gasteiger partial charge is 0.463 e. The van der Waals surface area contributed by atoms with E-state index in [1.54, 1.807) is 0 Å². The maximum atomic E-state index is 12.8. The zero-order valence-electron chi connectivity index (χ0n) is 48.8. The minimum Gasteiger partial charge on any atom is -0.463 e.